The second-order valence-corrected chi connectivity index (χ2v) is 5.44. The predicted molar refractivity (Wildman–Crippen MR) is 71.3 cm³/mol. The minimum atomic E-state index is -1.03. The Hall–Kier alpha value is -1.98. The molecule has 4 nitrogen and oxygen atoms in total. The van der Waals surface area contributed by atoms with Gasteiger partial charge in [-0.2, -0.15) is 0 Å². The molecule has 6 heteroatoms. The van der Waals surface area contributed by atoms with E-state index in [1.54, 1.807) is 0 Å². The van der Waals surface area contributed by atoms with Crippen LogP contribution in [0.15, 0.2) is 18.2 Å². The molecule has 1 aromatic carbocycles. The summed E-state index contributed by atoms with van der Waals surface area (Å²) >= 11 is 0. The third-order valence-corrected chi connectivity index (χ3v) is 3.73. The molecule has 0 unspecified atom stereocenters. The molecule has 2 rings (SSSR count). The molecule has 0 radical (unpaired) electrons. The Morgan fingerprint density at radius 1 is 1.38 bits per heavy atom. The second-order valence-electron chi connectivity index (χ2n) is 5.44. The van der Waals surface area contributed by atoms with Gasteiger partial charge in [0.1, 0.15) is 0 Å². The summed E-state index contributed by atoms with van der Waals surface area (Å²) in [6.45, 7) is 1.81. The van der Waals surface area contributed by atoms with Gasteiger partial charge in [-0.15, -0.1) is 0 Å². The Morgan fingerprint density at radius 2 is 2.05 bits per heavy atom. The number of carbonyl (C=O) groups is 2. The Morgan fingerprint density at radius 3 is 2.62 bits per heavy atom. The Labute approximate surface area is 121 Å². The molecule has 2 atom stereocenters. The van der Waals surface area contributed by atoms with E-state index in [9.17, 15) is 18.4 Å². The van der Waals surface area contributed by atoms with Gasteiger partial charge in [0, 0.05) is 24.6 Å². The van der Waals surface area contributed by atoms with Crippen LogP contribution >= 0.6 is 0 Å². The highest BCUT2D eigenvalue weighted by molar-refractivity contribution is 5.82. The number of benzene rings is 1. The largest absolute Gasteiger partial charge is 0.481 e. The molecule has 1 aliphatic rings. The van der Waals surface area contributed by atoms with Gasteiger partial charge < -0.3 is 10.0 Å². The number of carboxylic acid groups (broad SMARTS) is 1. The SMILES string of the molecule is C[C@H]1C[C@H]1C(=O)N(CCC(=O)O)Cc1cccc(F)c1F. The van der Waals surface area contributed by atoms with Crippen LogP contribution in [0.1, 0.15) is 25.3 Å². The van der Waals surface area contributed by atoms with Crippen LogP contribution < -0.4 is 0 Å². The van der Waals surface area contributed by atoms with Crippen LogP contribution in [0.5, 0.6) is 0 Å². The van der Waals surface area contributed by atoms with E-state index in [2.05, 4.69) is 0 Å². The Bertz CT molecular complexity index is 562. The van der Waals surface area contributed by atoms with E-state index in [0.29, 0.717) is 0 Å². The third-order valence-electron chi connectivity index (χ3n) is 3.73. The number of hydrogen-bond acceptors (Lipinski definition) is 2. The molecule has 1 saturated carbocycles. The van der Waals surface area contributed by atoms with E-state index in [1.165, 1.54) is 17.0 Å². The maximum atomic E-state index is 13.7. The van der Waals surface area contributed by atoms with Gasteiger partial charge in [-0.3, -0.25) is 9.59 Å². The van der Waals surface area contributed by atoms with Crippen LogP contribution in [0.2, 0.25) is 0 Å². The molecule has 1 N–H and O–H groups in total. The van der Waals surface area contributed by atoms with Crippen LogP contribution in [-0.4, -0.2) is 28.4 Å². The minimum absolute atomic E-state index is 0.00661. The van der Waals surface area contributed by atoms with E-state index >= 15 is 0 Å². The van der Waals surface area contributed by atoms with E-state index in [1.807, 2.05) is 6.92 Å². The van der Waals surface area contributed by atoms with Crippen molar-refractivity contribution >= 4 is 11.9 Å². The van der Waals surface area contributed by atoms with Crippen LogP contribution in [0.3, 0.4) is 0 Å². The van der Waals surface area contributed by atoms with E-state index in [4.69, 9.17) is 5.11 Å². The van der Waals surface area contributed by atoms with Crippen molar-refractivity contribution in [1.82, 2.24) is 4.90 Å². The van der Waals surface area contributed by atoms with Gasteiger partial charge >= 0.3 is 5.97 Å². The summed E-state index contributed by atoms with van der Waals surface area (Å²) in [5, 5.41) is 8.74. The van der Waals surface area contributed by atoms with Gasteiger partial charge in [0.2, 0.25) is 5.91 Å². The lowest BCUT2D eigenvalue weighted by atomic mass is 10.1. The van der Waals surface area contributed by atoms with Gasteiger partial charge in [0.15, 0.2) is 11.6 Å². The first-order chi connectivity index (χ1) is 9.90. The molecule has 0 spiro atoms. The highest BCUT2D eigenvalue weighted by Gasteiger charge is 2.41. The van der Waals surface area contributed by atoms with Crippen LogP contribution in [0, 0.1) is 23.5 Å². The molecule has 0 heterocycles. The summed E-state index contributed by atoms with van der Waals surface area (Å²) in [6.07, 6.45) is 0.539. The number of rotatable bonds is 6. The lowest BCUT2D eigenvalue weighted by Gasteiger charge is -2.22. The normalized spacial score (nSPS) is 20.1. The average Bonchev–Trinajstić information content (AvgIpc) is 3.15. The first-order valence-electron chi connectivity index (χ1n) is 6.83. The summed E-state index contributed by atoms with van der Waals surface area (Å²) in [7, 11) is 0. The fourth-order valence-corrected chi connectivity index (χ4v) is 2.27. The second kappa shape index (κ2) is 6.20. The standard InChI is InChI=1S/C15H17F2NO3/c1-9-7-11(9)15(21)18(6-5-13(19)20)8-10-3-2-4-12(16)14(10)17/h2-4,9,11H,5-8H2,1H3,(H,19,20)/t9-,11+/m0/s1. The van der Waals surface area contributed by atoms with Crippen molar-refractivity contribution in [1.29, 1.82) is 0 Å². The molecule has 1 aliphatic carbocycles. The zero-order valence-corrected chi connectivity index (χ0v) is 11.7. The maximum Gasteiger partial charge on any atom is 0.305 e. The molecule has 1 fully saturated rings. The molecule has 0 aromatic heterocycles. The van der Waals surface area contributed by atoms with Crippen LogP contribution in [-0.2, 0) is 16.1 Å². The van der Waals surface area contributed by atoms with Crippen molar-refractivity contribution in [3.8, 4) is 0 Å². The molecular weight excluding hydrogens is 280 g/mol. The molecule has 0 saturated heterocycles. The number of halogens is 2. The smallest absolute Gasteiger partial charge is 0.305 e. The molecular formula is C15H17F2NO3. The topological polar surface area (TPSA) is 57.6 Å². The number of aliphatic carboxylic acids is 1. The average molecular weight is 297 g/mol. The van der Waals surface area contributed by atoms with Gasteiger partial charge in [0.25, 0.3) is 0 Å². The molecule has 0 bridgehead atoms. The quantitative estimate of drug-likeness (QED) is 0.877. The summed E-state index contributed by atoms with van der Waals surface area (Å²) in [5.74, 6) is -3.05. The van der Waals surface area contributed by atoms with Crippen molar-refractivity contribution in [2.75, 3.05) is 6.54 Å². The lowest BCUT2D eigenvalue weighted by molar-refractivity contribution is -0.139. The van der Waals surface area contributed by atoms with Crippen molar-refractivity contribution in [2.45, 2.75) is 26.3 Å². The lowest BCUT2D eigenvalue weighted by Crippen LogP contribution is -2.34. The number of amides is 1. The number of carboxylic acids is 1. The van der Waals surface area contributed by atoms with Crippen molar-refractivity contribution in [3.05, 3.63) is 35.4 Å². The van der Waals surface area contributed by atoms with Crippen LogP contribution in [0.4, 0.5) is 8.78 Å². The zero-order chi connectivity index (χ0) is 15.6. The van der Waals surface area contributed by atoms with Crippen molar-refractivity contribution < 1.29 is 23.5 Å². The molecule has 0 aliphatic heterocycles. The first kappa shape index (κ1) is 15.4. The van der Waals surface area contributed by atoms with Gasteiger partial charge in [-0.25, -0.2) is 8.78 Å². The highest BCUT2D eigenvalue weighted by atomic mass is 19.2. The summed E-state index contributed by atoms with van der Waals surface area (Å²) in [5.41, 5.74) is 0.0574. The van der Waals surface area contributed by atoms with Gasteiger partial charge in [-0.05, 0) is 18.4 Å². The zero-order valence-electron chi connectivity index (χ0n) is 11.7. The first-order valence-corrected chi connectivity index (χ1v) is 6.83. The number of nitrogens with zero attached hydrogens (tertiary/aromatic N) is 1. The van der Waals surface area contributed by atoms with E-state index in [-0.39, 0.29) is 42.8 Å². The molecule has 1 amide bonds. The van der Waals surface area contributed by atoms with Crippen molar-refractivity contribution in [3.63, 3.8) is 0 Å². The van der Waals surface area contributed by atoms with Crippen molar-refractivity contribution in [2.24, 2.45) is 11.8 Å². The summed E-state index contributed by atoms with van der Waals surface area (Å²) in [4.78, 5) is 24.2. The van der Waals surface area contributed by atoms with Gasteiger partial charge in [-0.1, -0.05) is 19.1 Å². The fraction of sp³-hybridized carbons (Fsp3) is 0.467. The Balaban J connectivity index is 2.12. The van der Waals surface area contributed by atoms with E-state index < -0.39 is 17.6 Å². The summed E-state index contributed by atoms with van der Waals surface area (Å²) < 4.78 is 26.9. The van der Waals surface area contributed by atoms with Gasteiger partial charge in [0.05, 0.1) is 6.42 Å². The third kappa shape index (κ3) is 3.77. The molecule has 114 valence electrons. The maximum absolute atomic E-state index is 13.7. The monoisotopic (exact) mass is 297 g/mol. The number of carbonyl (C=O) groups excluding carboxylic acids is 1. The van der Waals surface area contributed by atoms with Crippen LogP contribution in [0.25, 0.3) is 0 Å². The Kier molecular flexibility index (Phi) is 4.55. The molecule has 1 aromatic rings. The highest BCUT2D eigenvalue weighted by Crippen LogP contribution is 2.39. The predicted octanol–water partition coefficient (Wildman–Crippen LogP) is 2.42. The summed E-state index contributed by atoms with van der Waals surface area (Å²) in [6, 6.07) is 3.77. The number of hydrogen-bond donors (Lipinski definition) is 1. The van der Waals surface area contributed by atoms with E-state index in [0.717, 1.165) is 12.5 Å². The fourth-order valence-electron chi connectivity index (χ4n) is 2.27. The minimum Gasteiger partial charge on any atom is -0.481 e. The molecule has 21 heavy (non-hydrogen) atoms.